The zero-order valence-corrected chi connectivity index (χ0v) is 15.0. The average Bonchev–Trinajstić information content (AvgIpc) is 3.17. The third-order valence-corrected chi connectivity index (χ3v) is 4.90. The first-order chi connectivity index (χ1) is 12.7. The highest BCUT2D eigenvalue weighted by Gasteiger charge is 2.22. The van der Waals surface area contributed by atoms with Gasteiger partial charge in [0.05, 0.1) is 5.92 Å². The van der Waals surface area contributed by atoms with E-state index in [-0.39, 0.29) is 17.7 Å². The van der Waals surface area contributed by atoms with Crippen molar-refractivity contribution in [2.45, 2.75) is 44.1 Å². The van der Waals surface area contributed by atoms with Gasteiger partial charge < -0.3 is 10.6 Å². The van der Waals surface area contributed by atoms with Crippen molar-refractivity contribution in [1.82, 2.24) is 10.6 Å². The van der Waals surface area contributed by atoms with E-state index in [1.807, 2.05) is 60.7 Å². The normalized spacial score (nSPS) is 14.3. The minimum absolute atomic E-state index is 0.0215. The van der Waals surface area contributed by atoms with Crippen molar-refractivity contribution >= 4 is 11.8 Å². The molecule has 1 aliphatic carbocycles. The Kier molecular flexibility index (Phi) is 6.42. The molecular weight excluding hydrogens is 324 g/mol. The first kappa shape index (κ1) is 18.2. The minimum Gasteiger partial charge on any atom is -0.355 e. The van der Waals surface area contributed by atoms with E-state index in [4.69, 9.17) is 0 Å². The van der Waals surface area contributed by atoms with Crippen LogP contribution in [0.5, 0.6) is 0 Å². The predicted octanol–water partition coefficient (Wildman–Crippen LogP) is 3.38. The van der Waals surface area contributed by atoms with Crippen LogP contribution in [0.3, 0.4) is 0 Å². The SMILES string of the molecule is O=C(CCNC(=O)C(c1ccccc1)c1ccccc1)NC1CCCC1. The zero-order valence-electron chi connectivity index (χ0n) is 15.0. The van der Waals surface area contributed by atoms with Crippen LogP contribution < -0.4 is 10.6 Å². The fourth-order valence-electron chi connectivity index (χ4n) is 3.56. The molecule has 26 heavy (non-hydrogen) atoms. The lowest BCUT2D eigenvalue weighted by Crippen LogP contribution is -2.37. The fraction of sp³-hybridized carbons (Fsp3) is 0.364. The molecule has 0 saturated heterocycles. The molecule has 4 nitrogen and oxygen atoms in total. The largest absolute Gasteiger partial charge is 0.355 e. The van der Waals surface area contributed by atoms with E-state index in [1.165, 1.54) is 12.8 Å². The molecule has 2 N–H and O–H groups in total. The van der Waals surface area contributed by atoms with Crippen molar-refractivity contribution in [2.75, 3.05) is 6.54 Å². The molecule has 4 heteroatoms. The van der Waals surface area contributed by atoms with Crippen LogP contribution in [0, 0.1) is 0 Å². The monoisotopic (exact) mass is 350 g/mol. The molecule has 0 aromatic heterocycles. The molecule has 3 rings (SSSR count). The molecule has 0 bridgehead atoms. The van der Waals surface area contributed by atoms with Crippen LogP contribution in [0.15, 0.2) is 60.7 Å². The van der Waals surface area contributed by atoms with Gasteiger partial charge in [-0.1, -0.05) is 73.5 Å². The smallest absolute Gasteiger partial charge is 0.232 e. The van der Waals surface area contributed by atoms with E-state index < -0.39 is 0 Å². The van der Waals surface area contributed by atoms with Gasteiger partial charge in [0.25, 0.3) is 0 Å². The Morgan fingerprint density at radius 1 is 0.885 bits per heavy atom. The van der Waals surface area contributed by atoms with E-state index in [1.54, 1.807) is 0 Å². The van der Waals surface area contributed by atoms with Gasteiger partial charge in [-0.3, -0.25) is 9.59 Å². The lowest BCUT2D eigenvalue weighted by Gasteiger charge is -2.18. The van der Waals surface area contributed by atoms with Gasteiger partial charge in [-0.25, -0.2) is 0 Å². The van der Waals surface area contributed by atoms with Crippen LogP contribution in [0.2, 0.25) is 0 Å². The summed E-state index contributed by atoms with van der Waals surface area (Å²) in [5.74, 6) is -0.417. The molecule has 136 valence electrons. The van der Waals surface area contributed by atoms with Crippen LogP contribution in [0.4, 0.5) is 0 Å². The highest BCUT2D eigenvalue weighted by molar-refractivity contribution is 5.87. The predicted molar refractivity (Wildman–Crippen MR) is 103 cm³/mol. The molecule has 2 amide bonds. The molecule has 0 atom stereocenters. The van der Waals surface area contributed by atoms with Gasteiger partial charge in [-0.15, -0.1) is 0 Å². The summed E-state index contributed by atoms with van der Waals surface area (Å²) in [6.07, 6.45) is 4.85. The van der Waals surface area contributed by atoms with Gasteiger partial charge in [-0.2, -0.15) is 0 Å². The topological polar surface area (TPSA) is 58.2 Å². The molecular formula is C22H26N2O2. The summed E-state index contributed by atoms with van der Waals surface area (Å²) in [4.78, 5) is 24.9. The van der Waals surface area contributed by atoms with Crippen molar-refractivity contribution < 1.29 is 9.59 Å². The first-order valence-electron chi connectivity index (χ1n) is 9.41. The zero-order chi connectivity index (χ0) is 18.2. The van der Waals surface area contributed by atoms with Gasteiger partial charge in [0.15, 0.2) is 0 Å². The fourth-order valence-corrected chi connectivity index (χ4v) is 3.56. The second kappa shape index (κ2) is 9.18. The third kappa shape index (κ3) is 4.94. The summed E-state index contributed by atoms with van der Waals surface area (Å²) in [7, 11) is 0. The molecule has 0 spiro atoms. The van der Waals surface area contributed by atoms with Crippen molar-refractivity contribution in [1.29, 1.82) is 0 Å². The third-order valence-electron chi connectivity index (χ3n) is 4.90. The van der Waals surface area contributed by atoms with Crippen LogP contribution >= 0.6 is 0 Å². The van der Waals surface area contributed by atoms with E-state index in [2.05, 4.69) is 10.6 Å². The molecule has 1 aliphatic rings. The second-order valence-electron chi connectivity index (χ2n) is 6.84. The summed E-state index contributed by atoms with van der Waals surface area (Å²) >= 11 is 0. The Labute approximate surface area is 155 Å². The van der Waals surface area contributed by atoms with E-state index in [0.717, 1.165) is 24.0 Å². The maximum Gasteiger partial charge on any atom is 0.232 e. The molecule has 1 fully saturated rings. The molecule has 2 aromatic rings. The molecule has 2 aromatic carbocycles. The Morgan fingerprint density at radius 2 is 1.42 bits per heavy atom. The maximum atomic E-state index is 12.8. The molecule has 0 unspecified atom stereocenters. The van der Waals surface area contributed by atoms with Gasteiger partial charge in [0.1, 0.15) is 0 Å². The first-order valence-corrected chi connectivity index (χ1v) is 9.41. The Balaban J connectivity index is 1.58. The molecule has 0 radical (unpaired) electrons. The number of amides is 2. The summed E-state index contributed by atoms with van der Waals surface area (Å²) < 4.78 is 0. The number of rotatable bonds is 7. The van der Waals surface area contributed by atoms with Crippen molar-refractivity contribution in [3.8, 4) is 0 Å². The number of hydrogen-bond acceptors (Lipinski definition) is 2. The lowest BCUT2D eigenvalue weighted by atomic mass is 9.90. The van der Waals surface area contributed by atoms with Crippen molar-refractivity contribution in [2.24, 2.45) is 0 Å². The average molecular weight is 350 g/mol. The number of benzene rings is 2. The van der Waals surface area contributed by atoms with Gasteiger partial charge >= 0.3 is 0 Å². The molecule has 0 heterocycles. The Bertz CT molecular complexity index is 670. The summed E-state index contributed by atoms with van der Waals surface area (Å²) in [6, 6.07) is 19.8. The van der Waals surface area contributed by atoms with Crippen LogP contribution in [0.25, 0.3) is 0 Å². The summed E-state index contributed by atoms with van der Waals surface area (Å²) in [6.45, 7) is 0.355. The maximum absolute atomic E-state index is 12.8. The van der Waals surface area contributed by atoms with Crippen LogP contribution in [0.1, 0.15) is 49.1 Å². The highest BCUT2D eigenvalue weighted by atomic mass is 16.2. The highest BCUT2D eigenvalue weighted by Crippen LogP contribution is 2.24. The minimum atomic E-state index is -0.365. The lowest BCUT2D eigenvalue weighted by molar-refractivity contribution is -0.123. The van der Waals surface area contributed by atoms with Crippen LogP contribution in [-0.4, -0.2) is 24.4 Å². The van der Waals surface area contributed by atoms with Crippen molar-refractivity contribution in [3.63, 3.8) is 0 Å². The number of carbonyl (C=O) groups excluding carboxylic acids is 2. The van der Waals surface area contributed by atoms with E-state index in [0.29, 0.717) is 19.0 Å². The Hall–Kier alpha value is -2.62. The van der Waals surface area contributed by atoms with E-state index >= 15 is 0 Å². The quantitative estimate of drug-likeness (QED) is 0.804. The number of nitrogens with one attached hydrogen (secondary N) is 2. The number of carbonyl (C=O) groups is 2. The number of hydrogen-bond donors (Lipinski definition) is 2. The van der Waals surface area contributed by atoms with E-state index in [9.17, 15) is 9.59 Å². The van der Waals surface area contributed by atoms with Gasteiger partial charge in [-0.05, 0) is 24.0 Å². The summed E-state index contributed by atoms with van der Waals surface area (Å²) in [5.41, 5.74) is 1.90. The standard InChI is InChI=1S/C22H26N2O2/c25-20(24-19-13-7-8-14-19)15-16-23-22(26)21(17-9-3-1-4-10-17)18-11-5-2-6-12-18/h1-6,9-12,19,21H,7-8,13-16H2,(H,23,26)(H,24,25). The molecule has 0 aliphatic heterocycles. The van der Waals surface area contributed by atoms with Crippen molar-refractivity contribution in [3.05, 3.63) is 71.8 Å². The summed E-state index contributed by atoms with van der Waals surface area (Å²) in [5, 5.41) is 5.99. The van der Waals surface area contributed by atoms with Gasteiger partial charge in [0.2, 0.25) is 11.8 Å². The Morgan fingerprint density at radius 3 is 1.96 bits per heavy atom. The van der Waals surface area contributed by atoms with Crippen LogP contribution in [-0.2, 0) is 9.59 Å². The second-order valence-corrected chi connectivity index (χ2v) is 6.84. The molecule has 1 saturated carbocycles. The van der Waals surface area contributed by atoms with Gasteiger partial charge in [0, 0.05) is 19.0 Å².